The number of rotatable bonds is 11. The van der Waals surface area contributed by atoms with Crippen LogP contribution in [0.2, 0.25) is 0 Å². The van der Waals surface area contributed by atoms with E-state index < -0.39 is 95.8 Å². The number of alkyl halides is 9. The van der Waals surface area contributed by atoms with Crippen LogP contribution in [-0.2, 0) is 38.7 Å². The summed E-state index contributed by atoms with van der Waals surface area (Å²) in [4.78, 5) is 23.9. The maximum Gasteiger partial charge on any atom is 0.498 e. The molecule has 1 aliphatic rings. The Morgan fingerprint density at radius 1 is 1.00 bits per heavy atom. The molecule has 1 saturated carbocycles. The minimum atomic E-state index is -6.90. The highest BCUT2D eigenvalue weighted by atomic mass is 32.3. The van der Waals surface area contributed by atoms with E-state index >= 15 is 0 Å². The topological polar surface area (TPSA) is 121 Å². The van der Waals surface area contributed by atoms with Crippen molar-refractivity contribution in [3.8, 4) is 0 Å². The number of carbonyl (C=O) groups is 2. The van der Waals surface area contributed by atoms with Gasteiger partial charge in [-0.3, -0.25) is 4.79 Å². The van der Waals surface area contributed by atoms with Gasteiger partial charge in [-0.2, -0.15) is 39.5 Å². The van der Waals surface area contributed by atoms with Gasteiger partial charge in [0.05, 0.1) is 6.61 Å². The summed E-state index contributed by atoms with van der Waals surface area (Å²) in [6.07, 6.45) is -8.60. The van der Waals surface area contributed by atoms with Crippen molar-refractivity contribution >= 4 is 31.6 Å². The van der Waals surface area contributed by atoms with Crippen molar-refractivity contribution in [3.63, 3.8) is 0 Å². The Morgan fingerprint density at radius 3 is 1.93 bits per heavy atom. The lowest BCUT2D eigenvalue weighted by Crippen LogP contribution is -2.46. The molecule has 0 N–H and O–H groups in total. The van der Waals surface area contributed by atoms with Gasteiger partial charge in [0.1, 0.15) is 11.7 Å². The predicted octanol–water partition coefficient (Wildman–Crippen LogP) is 5.31. The van der Waals surface area contributed by atoms with Crippen LogP contribution < -0.4 is 0 Å². The van der Waals surface area contributed by atoms with Gasteiger partial charge >= 0.3 is 29.1 Å². The lowest BCUT2D eigenvalue weighted by Gasteiger charge is -2.39. The quantitative estimate of drug-likeness (QED) is 0.127. The molecule has 0 spiro atoms. The second kappa shape index (κ2) is 12.5. The van der Waals surface area contributed by atoms with E-state index in [1.165, 1.54) is 0 Å². The van der Waals surface area contributed by atoms with Gasteiger partial charge in [-0.1, -0.05) is 25.7 Å². The predicted molar refractivity (Wildman–Crippen MR) is 124 cm³/mol. The van der Waals surface area contributed by atoms with Crippen LogP contribution in [0.15, 0.2) is 24.3 Å². The summed E-state index contributed by atoms with van der Waals surface area (Å²) in [5, 5.41) is 0. The summed E-state index contributed by atoms with van der Waals surface area (Å²) in [6.45, 7) is 8.28. The Morgan fingerprint density at radius 2 is 1.49 bits per heavy atom. The molecule has 0 aromatic heterocycles. The van der Waals surface area contributed by atoms with Gasteiger partial charge < -0.3 is 9.47 Å². The van der Waals surface area contributed by atoms with E-state index in [-0.39, 0.29) is 19.3 Å². The van der Waals surface area contributed by atoms with Crippen LogP contribution in [0.25, 0.3) is 0 Å². The summed E-state index contributed by atoms with van der Waals surface area (Å²) < 4.78 is 167. The number of halogens is 9. The average molecular weight is 655 g/mol. The van der Waals surface area contributed by atoms with Crippen LogP contribution >= 0.6 is 0 Å². The number of carbonyl (C=O) groups excluding carboxylic acids is 2. The fraction of sp³-hybridized carbons (Fsp3) is 0.727. The Kier molecular flexibility index (Phi) is 11.2. The standard InChI is InChI=1S/C22H27F9O8S2/c1-12-7-15(10-19(4,9-12)11-38-18(33)14(3)20(23,24)25)5-6-16(32)39-13(2)8-17(40(34,35)21(26,27)28)41(36,37)22(29,30)31/h13,15,17H,1,3,5-11H2,2,4H3. The highest BCUT2D eigenvalue weighted by molar-refractivity contribution is 8.09. The van der Waals surface area contributed by atoms with Crippen molar-refractivity contribution in [3.05, 3.63) is 24.3 Å². The second-order valence-electron chi connectivity index (χ2n) is 10.1. The fourth-order valence-electron chi connectivity index (χ4n) is 4.32. The number of hydrogen-bond donors (Lipinski definition) is 0. The smallest absolute Gasteiger partial charge is 0.463 e. The van der Waals surface area contributed by atoms with Gasteiger partial charge in [0.2, 0.25) is 0 Å². The summed E-state index contributed by atoms with van der Waals surface area (Å²) in [6, 6.07) is 0. The van der Waals surface area contributed by atoms with Gasteiger partial charge in [-0.15, -0.1) is 0 Å². The van der Waals surface area contributed by atoms with Crippen LogP contribution in [0.5, 0.6) is 0 Å². The van der Waals surface area contributed by atoms with Crippen molar-refractivity contribution in [2.75, 3.05) is 6.61 Å². The summed E-state index contributed by atoms with van der Waals surface area (Å²) >= 11 is 0. The van der Waals surface area contributed by atoms with E-state index in [2.05, 4.69) is 13.2 Å². The number of allylic oxidation sites excluding steroid dienone is 1. The third-order valence-corrected chi connectivity index (χ3v) is 10.7. The van der Waals surface area contributed by atoms with E-state index in [0.29, 0.717) is 18.9 Å². The first-order valence-electron chi connectivity index (χ1n) is 11.5. The number of esters is 2. The zero-order valence-corrected chi connectivity index (χ0v) is 23.2. The molecule has 0 amide bonds. The minimum absolute atomic E-state index is 0.0193. The first-order valence-corrected chi connectivity index (χ1v) is 14.6. The van der Waals surface area contributed by atoms with Crippen molar-refractivity contribution in [1.82, 2.24) is 0 Å². The van der Waals surface area contributed by atoms with Crippen molar-refractivity contribution < 1.29 is 75.4 Å². The molecule has 41 heavy (non-hydrogen) atoms. The fourth-order valence-corrected chi connectivity index (χ4v) is 7.96. The zero-order chi connectivity index (χ0) is 32.4. The third-order valence-electron chi connectivity index (χ3n) is 6.13. The van der Waals surface area contributed by atoms with Gasteiger partial charge in [-0.25, -0.2) is 21.6 Å². The largest absolute Gasteiger partial charge is 0.498 e. The molecular weight excluding hydrogens is 627 g/mol. The van der Waals surface area contributed by atoms with Crippen LogP contribution in [0.4, 0.5) is 39.5 Å². The van der Waals surface area contributed by atoms with Crippen molar-refractivity contribution in [2.24, 2.45) is 11.3 Å². The second-order valence-corrected chi connectivity index (χ2v) is 14.6. The van der Waals surface area contributed by atoms with Gasteiger partial charge in [0.15, 0.2) is 4.58 Å². The molecule has 0 heterocycles. The molecule has 0 aliphatic heterocycles. The molecule has 3 atom stereocenters. The first-order chi connectivity index (χ1) is 18.1. The molecule has 0 aromatic carbocycles. The molecule has 1 fully saturated rings. The summed E-state index contributed by atoms with van der Waals surface area (Å²) in [5.41, 5.74) is -14.7. The lowest BCUT2D eigenvalue weighted by molar-refractivity contribution is -0.154. The van der Waals surface area contributed by atoms with Crippen LogP contribution in [0.3, 0.4) is 0 Å². The molecular formula is C22H27F9O8S2. The van der Waals surface area contributed by atoms with Crippen molar-refractivity contribution in [2.45, 2.75) is 80.3 Å². The Labute approximate surface area is 229 Å². The van der Waals surface area contributed by atoms with Crippen LogP contribution in [0.1, 0.15) is 52.4 Å². The molecule has 1 rings (SSSR count). The van der Waals surface area contributed by atoms with E-state index in [0.717, 1.165) is 0 Å². The number of ether oxygens (including phenoxy) is 2. The van der Waals surface area contributed by atoms with Gasteiger partial charge in [-0.05, 0) is 38.5 Å². The normalized spacial score (nSPS) is 21.9. The SMILES string of the molecule is C=C1CC(CCC(=O)OC(C)CC(S(=O)(=O)C(F)(F)F)S(=O)(=O)C(F)(F)F)CC(C)(COC(=O)C(=C)C(F)(F)F)C1. The van der Waals surface area contributed by atoms with E-state index in [1.54, 1.807) is 6.92 Å². The van der Waals surface area contributed by atoms with Crippen LogP contribution in [0, 0.1) is 11.3 Å². The molecule has 0 bridgehead atoms. The summed E-state index contributed by atoms with van der Waals surface area (Å²) in [5.74, 6) is -3.27. The lowest BCUT2D eigenvalue weighted by atomic mass is 9.68. The molecule has 0 saturated heterocycles. The maximum absolute atomic E-state index is 12.9. The number of sulfone groups is 2. The molecule has 0 radical (unpaired) electrons. The molecule has 3 unspecified atom stereocenters. The highest BCUT2D eigenvalue weighted by Gasteiger charge is 2.63. The van der Waals surface area contributed by atoms with Gasteiger partial charge in [0, 0.05) is 18.3 Å². The minimum Gasteiger partial charge on any atom is -0.463 e. The zero-order valence-electron chi connectivity index (χ0n) is 21.6. The monoisotopic (exact) mass is 654 g/mol. The van der Waals surface area contributed by atoms with Gasteiger partial charge in [0.25, 0.3) is 19.7 Å². The van der Waals surface area contributed by atoms with E-state index in [4.69, 9.17) is 9.47 Å². The number of hydrogen-bond acceptors (Lipinski definition) is 8. The maximum atomic E-state index is 12.9. The molecule has 8 nitrogen and oxygen atoms in total. The highest BCUT2D eigenvalue weighted by Crippen LogP contribution is 2.44. The van der Waals surface area contributed by atoms with E-state index in [9.17, 15) is 65.9 Å². The van der Waals surface area contributed by atoms with Crippen LogP contribution in [-0.4, -0.2) is 63.3 Å². The first kappa shape index (κ1) is 36.7. The Bertz CT molecular complexity index is 1190. The third kappa shape index (κ3) is 9.61. The Balaban J connectivity index is 2.87. The van der Waals surface area contributed by atoms with Crippen molar-refractivity contribution in [1.29, 1.82) is 0 Å². The molecule has 19 heteroatoms. The molecule has 0 aromatic rings. The molecule has 1 aliphatic carbocycles. The average Bonchev–Trinajstić information content (AvgIpc) is 2.76. The Hall–Kier alpha value is -2.31. The van der Waals surface area contributed by atoms with E-state index in [1.807, 2.05) is 0 Å². The summed E-state index contributed by atoms with van der Waals surface area (Å²) in [7, 11) is -13.8. The molecule has 238 valence electrons.